The van der Waals surface area contributed by atoms with Crippen molar-refractivity contribution in [3.05, 3.63) is 30.3 Å². The minimum absolute atomic E-state index is 0.00768. The Balaban J connectivity index is 1.42. The van der Waals surface area contributed by atoms with Gasteiger partial charge in [0.25, 0.3) is 0 Å². The number of nitrogens with one attached hydrogen (secondary N) is 1. The van der Waals surface area contributed by atoms with Crippen molar-refractivity contribution in [3.63, 3.8) is 0 Å². The molecule has 0 saturated heterocycles. The summed E-state index contributed by atoms with van der Waals surface area (Å²) < 4.78 is 26.0. The Hall–Kier alpha value is -1.93. The Bertz CT molecular complexity index is 885. The van der Waals surface area contributed by atoms with Gasteiger partial charge in [-0.25, -0.2) is 0 Å². The molecule has 5 aliphatic rings. The third kappa shape index (κ3) is 3.30. The maximum Gasteiger partial charge on any atom is 0.247 e. The van der Waals surface area contributed by atoms with Crippen LogP contribution >= 0.6 is 0 Å². The Morgan fingerprint density at radius 3 is 2.23 bits per heavy atom. The lowest BCUT2D eigenvalue weighted by Gasteiger charge is -2.59. The fourth-order valence-electron chi connectivity index (χ4n) is 7.37. The molecule has 5 aliphatic carbocycles. The monoisotopic (exact) mass is 444 g/mol. The van der Waals surface area contributed by atoms with Gasteiger partial charge in [0.15, 0.2) is 0 Å². The second kappa shape index (κ2) is 7.59. The molecule has 5 saturated carbocycles. The van der Waals surface area contributed by atoms with Crippen molar-refractivity contribution >= 4 is 28.8 Å². The summed E-state index contributed by atoms with van der Waals surface area (Å²) in [6, 6.07) is 8.88. The van der Waals surface area contributed by atoms with Crippen LogP contribution in [0.15, 0.2) is 30.3 Å². The maximum atomic E-state index is 13.8. The smallest absolute Gasteiger partial charge is 0.247 e. The number of benzene rings is 1. The van der Waals surface area contributed by atoms with Crippen molar-refractivity contribution in [3.8, 4) is 0 Å². The average Bonchev–Trinajstić information content (AvgIpc) is 3.21. The number of hydrogen-bond acceptors (Lipinski definition) is 4. The standard InChI is InChI=1S/C23H31N3O4S/c24-20(27)22-12-15-10-16(13-22)19(17(11-15)14-22)25-21(28)23(8-4-5-9-23)26(31(29)30)18-6-2-1-3-7-18/h1-3,6-7,15-17,19H,4-5,8-14H2,(H2,24,27)(H,25,28)(H,29,30)/p-1. The first-order chi connectivity index (χ1) is 14.8. The Labute approximate surface area is 185 Å². The number of primary amides is 1. The molecule has 31 heavy (non-hydrogen) atoms. The summed E-state index contributed by atoms with van der Waals surface area (Å²) in [7, 11) is 0. The average molecular weight is 445 g/mol. The lowest BCUT2D eigenvalue weighted by molar-refractivity contribution is -0.148. The van der Waals surface area contributed by atoms with Gasteiger partial charge in [0, 0.05) is 28.4 Å². The van der Waals surface area contributed by atoms with Crippen molar-refractivity contribution in [2.45, 2.75) is 69.4 Å². The molecule has 5 fully saturated rings. The van der Waals surface area contributed by atoms with Gasteiger partial charge in [-0.3, -0.25) is 18.1 Å². The molecule has 1 aromatic rings. The van der Waals surface area contributed by atoms with Crippen molar-refractivity contribution < 1.29 is 18.4 Å². The predicted molar refractivity (Wildman–Crippen MR) is 116 cm³/mol. The predicted octanol–water partition coefficient (Wildman–Crippen LogP) is 2.40. The van der Waals surface area contributed by atoms with Gasteiger partial charge in [-0.1, -0.05) is 31.0 Å². The van der Waals surface area contributed by atoms with Gasteiger partial charge in [-0.15, -0.1) is 0 Å². The van der Waals surface area contributed by atoms with E-state index in [1.165, 1.54) is 4.31 Å². The molecule has 1 aromatic carbocycles. The Kier molecular flexibility index (Phi) is 5.13. The molecular formula is C23H30N3O4S-. The first kappa shape index (κ1) is 20.9. The SMILES string of the molecule is NC(=O)C12CC3CC(C1)C(NC(=O)C1(N(c4ccccc4)S(=O)[O-])CCCC1)C(C3)C2. The van der Waals surface area contributed by atoms with Crippen LogP contribution < -0.4 is 15.4 Å². The molecule has 3 N–H and O–H groups in total. The number of carbonyl (C=O) groups excluding carboxylic acids is 2. The van der Waals surface area contributed by atoms with Crippen LogP contribution in [0.4, 0.5) is 5.69 Å². The second-order valence-electron chi connectivity index (χ2n) is 10.2. The Morgan fingerprint density at radius 1 is 1.06 bits per heavy atom. The number of anilines is 1. The summed E-state index contributed by atoms with van der Waals surface area (Å²) in [6.07, 6.45) is 7.05. The molecule has 2 amide bonds. The fraction of sp³-hybridized carbons (Fsp3) is 0.652. The topological polar surface area (TPSA) is 116 Å². The molecule has 8 heteroatoms. The highest BCUT2D eigenvalue weighted by atomic mass is 32.2. The third-order valence-corrected chi connectivity index (χ3v) is 9.33. The zero-order valence-electron chi connectivity index (χ0n) is 17.6. The van der Waals surface area contributed by atoms with Crippen molar-refractivity contribution in [1.82, 2.24) is 5.32 Å². The van der Waals surface area contributed by atoms with Gasteiger partial charge in [0.1, 0.15) is 5.54 Å². The number of amides is 2. The lowest BCUT2D eigenvalue weighted by Crippen LogP contribution is -2.66. The summed E-state index contributed by atoms with van der Waals surface area (Å²) in [5.74, 6) is 0.603. The van der Waals surface area contributed by atoms with E-state index >= 15 is 0 Å². The number of hydrogen-bond donors (Lipinski definition) is 2. The van der Waals surface area contributed by atoms with E-state index in [1.54, 1.807) is 24.3 Å². The molecule has 3 atom stereocenters. The van der Waals surface area contributed by atoms with Crippen LogP contribution in [0.25, 0.3) is 0 Å². The van der Waals surface area contributed by atoms with Gasteiger partial charge in [0.05, 0.1) is 0 Å². The molecule has 4 bridgehead atoms. The molecule has 0 aromatic heterocycles. The number of carbonyl (C=O) groups is 2. The third-order valence-electron chi connectivity index (χ3n) is 8.48. The highest BCUT2D eigenvalue weighted by Gasteiger charge is 2.59. The van der Waals surface area contributed by atoms with E-state index in [2.05, 4.69) is 5.32 Å². The number of nitrogens with two attached hydrogens (primary N) is 1. The van der Waals surface area contributed by atoms with Crippen LogP contribution in [0.3, 0.4) is 0 Å². The summed E-state index contributed by atoms with van der Waals surface area (Å²) in [5, 5.41) is 3.30. The summed E-state index contributed by atoms with van der Waals surface area (Å²) in [6.45, 7) is 0. The van der Waals surface area contributed by atoms with Crippen LogP contribution in [-0.2, 0) is 20.9 Å². The minimum atomic E-state index is -2.57. The van der Waals surface area contributed by atoms with Crippen LogP contribution in [-0.4, -0.2) is 32.2 Å². The van der Waals surface area contributed by atoms with Crippen LogP contribution in [0.1, 0.15) is 57.8 Å². The number of rotatable bonds is 6. The van der Waals surface area contributed by atoms with E-state index in [0.717, 1.165) is 44.9 Å². The van der Waals surface area contributed by atoms with Crippen molar-refractivity contribution in [1.29, 1.82) is 0 Å². The second-order valence-corrected chi connectivity index (χ2v) is 11.0. The minimum Gasteiger partial charge on any atom is -0.755 e. The van der Waals surface area contributed by atoms with E-state index in [1.807, 2.05) is 6.07 Å². The molecule has 0 heterocycles. The quantitative estimate of drug-likeness (QED) is 0.656. The summed E-state index contributed by atoms with van der Waals surface area (Å²) >= 11 is -2.57. The highest BCUT2D eigenvalue weighted by Crippen LogP contribution is 2.60. The first-order valence-electron chi connectivity index (χ1n) is 11.4. The highest BCUT2D eigenvalue weighted by molar-refractivity contribution is 7.80. The van der Waals surface area contributed by atoms with Gasteiger partial charge in [-0.2, -0.15) is 0 Å². The summed E-state index contributed by atoms with van der Waals surface area (Å²) in [4.78, 5) is 26.0. The summed E-state index contributed by atoms with van der Waals surface area (Å²) in [5.41, 5.74) is 4.81. The van der Waals surface area contributed by atoms with E-state index in [0.29, 0.717) is 24.4 Å². The number of nitrogens with zero attached hydrogens (tertiary/aromatic N) is 1. The van der Waals surface area contributed by atoms with Gasteiger partial charge < -0.3 is 15.6 Å². The Morgan fingerprint density at radius 2 is 1.68 bits per heavy atom. The molecule has 168 valence electrons. The van der Waals surface area contributed by atoms with Crippen LogP contribution in [0, 0.1) is 23.2 Å². The molecule has 6 rings (SSSR count). The van der Waals surface area contributed by atoms with E-state index in [4.69, 9.17) is 5.73 Å². The molecule has 0 radical (unpaired) electrons. The van der Waals surface area contributed by atoms with Crippen molar-refractivity contribution in [2.75, 3.05) is 4.31 Å². The molecular weight excluding hydrogens is 414 g/mol. The molecule has 7 nitrogen and oxygen atoms in total. The lowest BCUT2D eigenvalue weighted by atomic mass is 9.47. The van der Waals surface area contributed by atoms with E-state index in [-0.39, 0.29) is 29.7 Å². The van der Waals surface area contributed by atoms with E-state index < -0.39 is 22.2 Å². The van der Waals surface area contributed by atoms with Crippen LogP contribution in [0.5, 0.6) is 0 Å². The first-order valence-corrected chi connectivity index (χ1v) is 12.4. The zero-order valence-corrected chi connectivity index (χ0v) is 18.4. The van der Waals surface area contributed by atoms with Gasteiger partial charge in [0.2, 0.25) is 11.8 Å². The molecule has 0 spiro atoms. The van der Waals surface area contributed by atoms with Crippen molar-refractivity contribution in [2.24, 2.45) is 28.9 Å². The number of para-hydroxylation sites is 1. The van der Waals surface area contributed by atoms with E-state index in [9.17, 15) is 18.4 Å². The fourth-order valence-corrected chi connectivity index (χ4v) is 8.21. The van der Waals surface area contributed by atoms with Crippen LogP contribution in [0.2, 0.25) is 0 Å². The zero-order chi connectivity index (χ0) is 21.8. The van der Waals surface area contributed by atoms with Gasteiger partial charge in [-0.05, 0) is 74.8 Å². The maximum absolute atomic E-state index is 13.8. The molecule has 3 unspecified atom stereocenters. The normalized spacial score (nSPS) is 36.2. The van der Waals surface area contributed by atoms with Gasteiger partial charge >= 0.3 is 0 Å². The largest absolute Gasteiger partial charge is 0.755 e. The molecule has 0 aliphatic heterocycles.